The summed E-state index contributed by atoms with van der Waals surface area (Å²) in [7, 11) is 2.87. The molecule has 120 valence electrons. The summed E-state index contributed by atoms with van der Waals surface area (Å²) in [6, 6.07) is 9.05. The summed E-state index contributed by atoms with van der Waals surface area (Å²) in [5.74, 6) is 0.442. The second kappa shape index (κ2) is 7.12. The van der Waals surface area contributed by atoms with Crippen LogP contribution in [0.25, 0.3) is 0 Å². The smallest absolute Gasteiger partial charge is 0.269 e. The van der Waals surface area contributed by atoms with Gasteiger partial charge in [0, 0.05) is 17.7 Å². The van der Waals surface area contributed by atoms with Gasteiger partial charge in [0.15, 0.2) is 11.5 Å². The number of ether oxygens (including phenoxy) is 2. The van der Waals surface area contributed by atoms with Crippen LogP contribution in [0.2, 0.25) is 0 Å². The summed E-state index contributed by atoms with van der Waals surface area (Å²) in [6.45, 7) is 0. The third kappa shape index (κ3) is 3.88. The van der Waals surface area contributed by atoms with Gasteiger partial charge in [0.05, 0.1) is 31.0 Å². The maximum absolute atomic E-state index is 10.6. The third-order valence-corrected chi connectivity index (χ3v) is 2.99. The maximum Gasteiger partial charge on any atom is 0.269 e. The minimum Gasteiger partial charge on any atom is -0.502 e. The zero-order valence-corrected chi connectivity index (χ0v) is 12.5. The van der Waals surface area contributed by atoms with Crippen LogP contribution in [-0.4, -0.2) is 30.5 Å². The van der Waals surface area contributed by atoms with Crippen molar-refractivity contribution in [1.29, 1.82) is 0 Å². The Hall–Kier alpha value is -3.29. The number of rotatable bonds is 6. The van der Waals surface area contributed by atoms with Crippen molar-refractivity contribution >= 4 is 17.6 Å². The van der Waals surface area contributed by atoms with E-state index in [0.717, 1.165) is 0 Å². The lowest BCUT2D eigenvalue weighted by Crippen LogP contribution is -1.94. The number of nitrogens with zero attached hydrogens (tertiary/aromatic N) is 2. The summed E-state index contributed by atoms with van der Waals surface area (Å²) in [4.78, 5) is 10.1. The number of hydrogen-bond donors (Lipinski definition) is 2. The number of methoxy groups -OCH3 is 2. The van der Waals surface area contributed by atoms with Crippen LogP contribution >= 0.6 is 0 Å². The van der Waals surface area contributed by atoms with Crippen molar-refractivity contribution < 1.29 is 19.5 Å². The highest BCUT2D eigenvalue weighted by atomic mass is 16.6. The van der Waals surface area contributed by atoms with Gasteiger partial charge in [-0.3, -0.25) is 15.5 Å². The SMILES string of the molecule is COc1cc(/C=N\Nc2ccc([N+](=O)[O-])cc2)cc(OC)c1O. The molecular formula is C15H15N3O5. The van der Waals surface area contributed by atoms with Crippen LogP contribution in [0, 0.1) is 10.1 Å². The highest BCUT2D eigenvalue weighted by Gasteiger charge is 2.10. The zero-order chi connectivity index (χ0) is 16.8. The van der Waals surface area contributed by atoms with E-state index < -0.39 is 4.92 Å². The molecule has 0 unspecified atom stereocenters. The van der Waals surface area contributed by atoms with Crippen LogP contribution < -0.4 is 14.9 Å². The standard InChI is InChI=1S/C15H15N3O5/c1-22-13-7-10(8-14(23-2)15(13)19)9-16-17-11-3-5-12(6-4-11)18(20)21/h3-9,17,19H,1-2H3/b16-9-. The number of aromatic hydroxyl groups is 1. The predicted octanol–water partition coefficient (Wildman–Crippen LogP) is 2.76. The summed E-state index contributed by atoms with van der Waals surface area (Å²) in [5, 5.41) is 24.4. The Morgan fingerprint density at radius 1 is 1.17 bits per heavy atom. The molecule has 0 aliphatic rings. The van der Waals surface area contributed by atoms with Crippen LogP contribution in [0.5, 0.6) is 17.2 Å². The monoisotopic (exact) mass is 317 g/mol. The van der Waals surface area contributed by atoms with E-state index in [-0.39, 0.29) is 22.9 Å². The first-order chi connectivity index (χ1) is 11.0. The van der Waals surface area contributed by atoms with Crippen molar-refractivity contribution in [3.8, 4) is 17.2 Å². The van der Waals surface area contributed by atoms with Gasteiger partial charge < -0.3 is 14.6 Å². The zero-order valence-electron chi connectivity index (χ0n) is 12.5. The topological polar surface area (TPSA) is 106 Å². The molecule has 0 fully saturated rings. The van der Waals surface area contributed by atoms with Gasteiger partial charge >= 0.3 is 0 Å². The molecule has 23 heavy (non-hydrogen) atoms. The number of phenols is 1. The van der Waals surface area contributed by atoms with Crippen LogP contribution in [-0.2, 0) is 0 Å². The number of phenolic OH excluding ortho intramolecular Hbond substituents is 1. The maximum atomic E-state index is 10.6. The van der Waals surface area contributed by atoms with E-state index in [1.807, 2.05) is 0 Å². The number of non-ortho nitro benzene ring substituents is 1. The fraction of sp³-hybridized carbons (Fsp3) is 0.133. The minimum absolute atomic E-state index is 0.00698. The molecule has 0 aliphatic carbocycles. The number of nitro groups is 1. The molecule has 8 nitrogen and oxygen atoms in total. The molecule has 2 N–H and O–H groups in total. The molecule has 0 saturated carbocycles. The molecule has 2 aromatic rings. The quantitative estimate of drug-likeness (QED) is 0.482. The molecular weight excluding hydrogens is 302 g/mol. The van der Waals surface area contributed by atoms with Gasteiger partial charge in [-0.05, 0) is 24.3 Å². The highest BCUT2D eigenvalue weighted by Crippen LogP contribution is 2.36. The first-order valence-electron chi connectivity index (χ1n) is 6.53. The van der Waals surface area contributed by atoms with Crippen LogP contribution in [0.1, 0.15) is 5.56 Å². The summed E-state index contributed by atoms with van der Waals surface area (Å²) in [6.07, 6.45) is 1.51. The Morgan fingerprint density at radius 3 is 2.22 bits per heavy atom. The normalized spacial score (nSPS) is 10.5. The summed E-state index contributed by atoms with van der Waals surface area (Å²) in [5.41, 5.74) is 4.00. The Balaban J connectivity index is 2.12. The fourth-order valence-electron chi connectivity index (χ4n) is 1.83. The fourth-order valence-corrected chi connectivity index (χ4v) is 1.83. The number of hydrogen-bond acceptors (Lipinski definition) is 7. The van der Waals surface area contributed by atoms with Crippen molar-refractivity contribution in [2.75, 3.05) is 19.6 Å². The summed E-state index contributed by atoms with van der Waals surface area (Å²) >= 11 is 0. The molecule has 0 aromatic heterocycles. The van der Waals surface area contributed by atoms with Gasteiger partial charge in [0.1, 0.15) is 0 Å². The first kappa shape index (κ1) is 16.1. The number of benzene rings is 2. The van der Waals surface area contributed by atoms with E-state index >= 15 is 0 Å². The number of nitro benzene ring substituents is 1. The molecule has 0 amide bonds. The van der Waals surface area contributed by atoms with E-state index in [0.29, 0.717) is 11.3 Å². The molecule has 0 saturated heterocycles. The molecule has 0 bridgehead atoms. The Bertz CT molecular complexity index is 703. The molecule has 0 heterocycles. The second-order valence-corrected chi connectivity index (χ2v) is 4.45. The Labute approximate surface area is 132 Å². The molecule has 8 heteroatoms. The molecule has 2 aromatic carbocycles. The lowest BCUT2D eigenvalue weighted by molar-refractivity contribution is -0.384. The molecule has 0 radical (unpaired) electrons. The van der Waals surface area contributed by atoms with Gasteiger partial charge in [-0.2, -0.15) is 5.10 Å². The largest absolute Gasteiger partial charge is 0.502 e. The average molecular weight is 317 g/mol. The van der Waals surface area contributed by atoms with Crippen molar-refractivity contribution in [3.63, 3.8) is 0 Å². The number of hydrazone groups is 1. The lowest BCUT2D eigenvalue weighted by atomic mass is 10.2. The average Bonchev–Trinajstić information content (AvgIpc) is 2.56. The van der Waals surface area contributed by atoms with Crippen molar-refractivity contribution in [2.24, 2.45) is 5.10 Å². The van der Waals surface area contributed by atoms with Gasteiger partial charge in [-0.25, -0.2) is 0 Å². The van der Waals surface area contributed by atoms with Crippen molar-refractivity contribution in [2.45, 2.75) is 0 Å². The van der Waals surface area contributed by atoms with Gasteiger partial charge in [0.25, 0.3) is 5.69 Å². The van der Waals surface area contributed by atoms with Crippen LogP contribution in [0.3, 0.4) is 0 Å². The Morgan fingerprint density at radius 2 is 1.74 bits per heavy atom. The molecule has 0 atom stereocenters. The summed E-state index contributed by atoms with van der Waals surface area (Å²) < 4.78 is 10.1. The predicted molar refractivity (Wildman–Crippen MR) is 85.5 cm³/mol. The van der Waals surface area contributed by atoms with Gasteiger partial charge in [-0.15, -0.1) is 0 Å². The van der Waals surface area contributed by atoms with E-state index in [2.05, 4.69) is 10.5 Å². The van der Waals surface area contributed by atoms with Gasteiger partial charge in [-0.1, -0.05) is 0 Å². The Kier molecular flexibility index (Phi) is 4.98. The number of anilines is 1. The van der Waals surface area contributed by atoms with Crippen molar-refractivity contribution in [1.82, 2.24) is 0 Å². The first-order valence-corrected chi connectivity index (χ1v) is 6.53. The van der Waals surface area contributed by atoms with Crippen molar-refractivity contribution in [3.05, 3.63) is 52.1 Å². The van der Waals surface area contributed by atoms with E-state index in [4.69, 9.17) is 9.47 Å². The molecule has 0 spiro atoms. The minimum atomic E-state index is -0.470. The van der Waals surface area contributed by atoms with E-state index in [1.165, 1.54) is 32.6 Å². The highest BCUT2D eigenvalue weighted by molar-refractivity contribution is 5.83. The molecule has 2 rings (SSSR count). The lowest BCUT2D eigenvalue weighted by Gasteiger charge is -2.09. The van der Waals surface area contributed by atoms with E-state index in [1.54, 1.807) is 24.3 Å². The van der Waals surface area contributed by atoms with Crippen LogP contribution in [0.15, 0.2) is 41.5 Å². The van der Waals surface area contributed by atoms with Gasteiger partial charge in [0.2, 0.25) is 5.75 Å². The second-order valence-electron chi connectivity index (χ2n) is 4.45. The van der Waals surface area contributed by atoms with Crippen LogP contribution in [0.4, 0.5) is 11.4 Å². The third-order valence-electron chi connectivity index (χ3n) is 2.99. The number of nitrogens with one attached hydrogen (secondary N) is 1. The van der Waals surface area contributed by atoms with E-state index in [9.17, 15) is 15.2 Å². The molecule has 0 aliphatic heterocycles.